The number of esters is 1. The third-order valence-electron chi connectivity index (χ3n) is 7.73. The van der Waals surface area contributed by atoms with Crippen molar-refractivity contribution in [3.05, 3.63) is 102 Å². The number of para-hydroxylation sites is 1. The van der Waals surface area contributed by atoms with Gasteiger partial charge in [-0.3, -0.25) is 0 Å². The van der Waals surface area contributed by atoms with Gasteiger partial charge in [-0.1, -0.05) is 84.0 Å². The number of anilines is 1. The minimum absolute atomic E-state index is 0.129. The molecule has 3 aliphatic heterocycles. The van der Waals surface area contributed by atoms with E-state index < -0.39 is 6.04 Å². The first-order valence-corrected chi connectivity index (χ1v) is 13.0. The van der Waals surface area contributed by atoms with E-state index in [9.17, 15) is 4.79 Å². The Bertz CT molecular complexity index is 1320. The maximum Gasteiger partial charge on any atom is 0.333 e. The molecule has 3 fully saturated rings. The Kier molecular flexibility index (Phi) is 6.45. The zero-order valence-corrected chi connectivity index (χ0v) is 20.7. The lowest BCUT2D eigenvalue weighted by Crippen LogP contribution is -2.64. The molecule has 7 rings (SSSR count). The highest BCUT2D eigenvalue weighted by Crippen LogP contribution is 2.38. The van der Waals surface area contributed by atoms with Gasteiger partial charge in [-0.25, -0.2) is 4.79 Å². The van der Waals surface area contributed by atoms with Gasteiger partial charge >= 0.3 is 5.97 Å². The number of aromatic nitrogens is 2. The van der Waals surface area contributed by atoms with Crippen molar-refractivity contribution in [2.45, 2.75) is 31.5 Å². The summed E-state index contributed by atoms with van der Waals surface area (Å²) in [4.78, 5) is 18.3. The topological polar surface area (TPSA) is 77.2 Å². The lowest BCUT2D eigenvalue weighted by atomic mass is 9.83. The third-order valence-corrected chi connectivity index (χ3v) is 7.73. The Balaban J connectivity index is 1.17. The van der Waals surface area contributed by atoms with Crippen LogP contribution in [0, 0.1) is 5.92 Å². The van der Waals surface area contributed by atoms with Crippen LogP contribution in [0.25, 0.3) is 11.4 Å². The van der Waals surface area contributed by atoms with E-state index in [-0.39, 0.29) is 12.1 Å². The van der Waals surface area contributed by atoms with Gasteiger partial charge in [0.25, 0.3) is 5.89 Å². The van der Waals surface area contributed by atoms with Gasteiger partial charge in [0.2, 0.25) is 5.82 Å². The summed E-state index contributed by atoms with van der Waals surface area (Å²) in [6, 6.07) is 28.9. The molecular weight excluding hydrogens is 464 g/mol. The number of rotatable bonds is 8. The van der Waals surface area contributed by atoms with Gasteiger partial charge in [-0.15, -0.1) is 0 Å². The van der Waals surface area contributed by atoms with E-state index in [0.717, 1.165) is 53.8 Å². The number of hydrogen-bond acceptors (Lipinski definition) is 6. The predicted molar refractivity (Wildman–Crippen MR) is 140 cm³/mol. The molecule has 2 atom stereocenters. The molecule has 3 aliphatic rings. The SMILES string of the molecule is O=C(O[C@H]1C[N+]2(Cc3nc(-c4ccccc4)no3)CCC1CC2)[C@H](Nc1ccccc1)c1ccccc1. The van der Waals surface area contributed by atoms with Gasteiger partial charge in [0.05, 0.1) is 13.1 Å². The number of carbonyl (C=O) groups excluding carboxylic acids is 1. The van der Waals surface area contributed by atoms with E-state index in [2.05, 4.69) is 15.5 Å². The Labute approximate surface area is 216 Å². The third kappa shape index (κ3) is 5.13. The first-order chi connectivity index (χ1) is 18.2. The lowest BCUT2D eigenvalue weighted by Gasteiger charge is -2.51. The van der Waals surface area contributed by atoms with Crippen LogP contribution in [0.1, 0.15) is 30.3 Å². The zero-order chi connectivity index (χ0) is 25.1. The molecule has 188 valence electrons. The second kappa shape index (κ2) is 10.2. The van der Waals surface area contributed by atoms with E-state index in [1.165, 1.54) is 0 Å². The molecule has 0 saturated carbocycles. The number of ether oxygens (including phenoxy) is 1. The van der Waals surface area contributed by atoms with Gasteiger partial charge in [0.1, 0.15) is 6.54 Å². The Morgan fingerprint density at radius 1 is 0.946 bits per heavy atom. The van der Waals surface area contributed by atoms with Crippen LogP contribution in [0.3, 0.4) is 0 Å². The normalized spacial score (nSPS) is 23.4. The maximum atomic E-state index is 13.6. The van der Waals surface area contributed by atoms with Crippen molar-refractivity contribution < 1.29 is 18.5 Å². The summed E-state index contributed by atoms with van der Waals surface area (Å²) in [5, 5.41) is 7.59. The summed E-state index contributed by atoms with van der Waals surface area (Å²) in [5.41, 5.74) is 2.72. The lowest BCUT2D eigenvalue weighted by molar-refractivity contribution is -0.959. The highest BCUT2D eigenvalue weighted by molar-refractivity contribution is 5.81. The summed E-state index contributed by atoms with van der Waals surface area (Å²) >= 11 is 0. The van der Waals surface area contributed by atoms with E-state index in [0.29, 0.717) is 24.2 Å². The molecule has 0 unspecified atom stereocenters. The van der Waals surface area contributed by atoms with Crippen molar-refractivity contribution >= 4 is 11.7 Å². The fraction of sp³-hybridized carbons (Fsp3) is 0.300. The molecule has 1 aromatic heterocycles. The molecule has 7 heteroatoms. The number of piperidine rings is 3. The fourth-order valence-corrected chi connectivity index (χ4v) is 5.73. The zero-order valence-electron chi connectivity index (χ0n) is 20.7. The molecule has 4 heterocycles. The van der Waals surface area contributed by atoms with Gasteiger partial charge in [-0.05, 0) is 17.7 Å². The Morgan fingerprint density at radius 3 is 2.30 bits per heavy atom. The molecule has 4 aromatic rings. The molecule has 0 amide bonds. The van der Waals surface area contributed by atoms with Crippen molar-refractivity contribution in [2.24, 2.45) is 5.92 Å². The molecule has 37 heavy (non-hydrogen) atoms. The van der Waals surface area contributed by atoms with Crippen LogP contribution in [0.5, 0.6) is 0 Å². The number of fused-ring (bicyclic) bond motifs is 3. The van der Waals surface area contributed by atoms with Crippen molar-refractivity contribution in [1.82, 2.24) is 10.1 Å². The van der Waals surface area contributed by atoms with Gasteiger partial charge in [0.15, 0.2) is 18.7 Å². The van der Waals surface area contributed by atoms with Crippen molar-refractivity contribution in [2.75, 3.05) is 25.0 Å². The quantitative estimate of drug-likeness (QED) is 0.266. The van der Waals surface area contributed by atoms with Crippen LogP contribution in [0.15, 0.2) is 95.5 Å². The smallest absolute Gasteiger partial charge is 0.333 e. The van der Waals surface area contributed by atoms with Crippen LogP contribution in [0.2, 0.25) is 0 Å². The van der Waals surface area contributed by atoms with Gasteiger partial charge < -0.3 is 19.1 Å². The van der Waals surface area contributed by atoms with E-state index in [1.807, 2.05) is 91.0 Å². The van der Waals surface area contributed by atoms with Crippen LogP contribution in [-0.2, 0) is 16.1 Å². The number of carbonyl (C=O) groups is 1. The molecule has 0 radical (unpaired) electrons. The average molecular weight is 496 g/mol. The number of nitrogens with one attached hydrogen (secondary N) is 1. The van der Waals surface area contributed by atoms with E-state index in [4.69, 9.17) is 9.26 Å². The van der Waals surface area contributed by atoms with Crippen LogP contribution < -0.4 is 5.32 Å². The van der Waals surface area contributed by atoms with E-state index in [1.54, 1.807) is 0 Å². The van der Waals surface area contributed by atoms with Crippen molar-refractivity contribution in [1.29, 1.82) is 0 Å². The average Bonchev–Trinajstić information content (AvgIpc) is 3.41. The molecule has 3 saturated heterocycles. The van der Waals surface area contributed by atoms with Crippen molar-refractivity contribution in [3.8, 4) is 11.4 Å². The number of quaternary nitrogens is 1. The molecule has 2 bridgehead atoms. The minimum atomic E-state index is -0.572. The molecular formula is C30H31N4O3+. The second-order valence-electron chi connectivity index (χ2n) is 10.2. The van der Waals surface area contributed by atoms with Gasteiger partial charge in [-0.2, -0.15) is 4.98 Å². The van der Waals surface area contributed by atoms with E-state index >= 15 is 0 Å². The monoisotopic (exact) mass is 495 g/mol. The molecule has 0 spiro atoms. The number of nitrogens with zero attached hydrogens (tertiary/aromatic N) is 3. The van der Waals surface area contributed by atoms with Gasteiger partial charge in [0, 0.05) is 30.0 Å². The predicted octanol–water partition coefficient (Wildman–Crippen LogP) is 5.24. The number of hydrogen-bond donors (Lipinski definition) is 1. The fourth-order valence-electron chi connectivity index (χ4n) is 5.73. The largest absolute Gasteiger partial charge is 0.454 e. The summed E-state index contributed by atoms with van der Waals surface area (Å²) < 4.78 is 12.7. The van der Waals surface area contributed by atoms with Crippen LogP contribution in [0.4, 0.5) is 5.69 Å². The summed E-state index contributed by atoms with van der Waals surface area (Å²) in [5.74, 6) is 1.40. The highest BCUT2D eigenvalue weighted by Gasteiger charge is 2.49. The maximum absolute atomic E-state index is 13.6. The molecule has 1 N–H and O–H groups in total. The molecule has 0 aliphatic carbocycles. The van der Waals surface area contributed by atoms with Crippen LogP contribution in [-0.4, -0.2) is 46.3 Å². The Morgan fingerprint density at radius 2 is 1.59 bits per heavy atom. The first kappa shape index (κ1) is 23.4. The highest BCUT2D eigenvalue weighted by atomic mass is 16.5. The number of benzene rings is 3. The minimum Gasteiger partial charge on any atom is -0.454 e. The standard InChI is InChI=1S/C30H31N4O3/c35-30(28(23-10-4-1-5-11-23)31-25-14-8-3-9-15-25)36-26-20-34(18-16-22(26)17-19-34)21-27-32-29(33-37-27)24-12-6-2-7-13-24/h1-15,22,26,28,31H,16-21H2/q+1/t22?,26-,28+,34?/m0/s1. The molecule has 3 aromatic carbocycles. The summed E-state index contributed by atoms with van der Waals surface area (Å²) in [6.07, 6.45) is 1.93. The summed E-state index contributed by atoms with van der Waals surface area (Å²) in [7, 11) is 0. The second-order valence-corrected chi connectivity index (χ2v) is 10.2. The van der Waals surface area contributed by atoms with Crippen molar-refractivity contribution in [3.63, 3.8) is 0 Å². The molecule has 7 nitrogen and oxygen atoms in total. The first-order valence-electron chi connectivity index (χ1n) is 13.0. The Hall–Kier alpha value is -3.97. The summed E-state index contributed by atoms with van der Waals surface area (Å²) in [6.45, 7) is 3.50. The van der Waals surface area contributed by atoms with Crippen LogP contribution >= 0.6 is 0 Å².